The number of aromatic nitrogens is 5. The number of nitro groups is 1. The molecule has 0 saturated heterocycles. The van der Waals surface area contributed by atoms with Crippen molar-refractivity contribution in [3.8, 4) is 17.0 Å². The van der Waals surface area contributed by atoms with Gasteiger partial charge in [0.2, 0.25) is 5.75 Å². The molecule has 9 nitrogen and oxygen atoms in total. The molecule has 0 N–H and O–H groups in total. The van der Waals surface area contributed by atoms with Crippen molar-refractivity contribution >= 4 is 21.7 Å². The molecule has 1 aromatic carbocycles. The predicted octanol–water partition coefficient (Wildman–Crippen LogP) is 5.43. The van der Waals surface area contributed by atoms with Crippen LogP contribution in [0.25, 0.3) is 11.3 Å². The van der Waals surface area contributed by atoms with E-state index in [1.165, 1.54) is 36.5 Å². The molecular weight excluding hydrogens is 526 g/mol. The molecule has 12 heteroatoms. The summed E-state index contributed by atoms with van der Waals surface area (Å²) in [5.74, 6) is -1.63. The molecule has 180 valence electrons. The minimum Gasteiger partial charge on any atom is -0.478 e. The third-order valence-electron chi connectivity index (χ3n) is 5.20. The van der Waals surface area contributed by atoms with Crippen molar-refractivity contribution in [2.24, 2.45) is 0 Å². The average molecular weight is 545 g/mol. The molecule has 0 radical (unpaired) electrons. The highest BCUT2D eigenvalue weighted by Crippen LogP contribution is 2.36. The maximum atomic E-state index is 14.3. The van der Waals surface area contributed by atoms with E-state index in [0.29, 0.717) is 39.1 Å². The first-order valence-electron chi connectivity index (χ1n) is 10.5. The van der Waals surface area contributed by atoms with Crippen molar-refractivity contribution in [1.29, 1.82) is 0 Å². The lowest BCUT2D eigenvalue weighted by Gasteiger charge is -2.19. The van der Waals surface area contributed by atoms with Crippen LogP contribution in [0.4, 0.5) is 14.6 Å². The normalized spacial score (nSPS) is 11.9. The Kier molecular flexibility index (Phi) is 7.10. The highest BCUT2D eigenvalue weighted by atomic mass is 79.9. The fourth-order valence-corrected chi connectivity index (χ4v) is 3.91. The second kappa shape index (κ2) is 10.2. The Morgan fingerprint density at radius 1 is 1.17 bits per heavy atom. The number of rotatable bonds is 8. The lowest BCUT2D eigenvalue weighted by Crippen LogP contribution is -2.09. The van der Waals surface area contributed by atoms with Gasteiger partial charge in [0.1, 0.15) is 17.7 Å². The molecule has 4 aromatic rings. The van der Waals surface area contributed by atoms with Gasteiger partial charge < -0.3 is 14.9 Å². The smallest absolute Gasteiger partial charge is 0.406 e. The highest BCUT2D eigenvalue weighted by molar-refractivity contribution is 9.10. The Hall–Kier alpha value is -3.80. The van der Waals surface area contributed by atoms with Gasteiger partial charge in [0, 0.05) is 36.4 Å². The minimum atomic E-state index is -0.837. The predicted molar refractivity (Wildman–Crippen MR) is 126 cm³/mol. The Morgan fingerprint density at radius 3 is 2.69 bits per heavy atom. The van der Waals surface area contributed by atoms with Crippen molar-refractivity contribution in [2.75, 3.05) is 0 Å². The van der Waals surface area contributed by atoms with Gasteiger partial charge in [0.05, 0.1) is 22.1 Å². The van der Waals surface area contributed by atoms with E-state index in [1.54, 1.807) is 17.8 Å². The lowest BCUT2D eigenvalue weighted by atomic mass is 9.95. The van der Waals surface area contributed by atoms with E-state index in [-0.39, 0.29) is 12.2 Å². The zero-order valence-electron chi connectivity index (χ0n) is 18.7. The fourth-order valence-electron chi connectivity index (χ4n) is 3.60. The summed E-state index contributed by atoms with van der Waals surface area (Å²) < 4.78 is 36.4. The standard InChI is InChI=1S/C23H19BrF2N6O3/c1-3-31-12-18(29-30-31)7-14-6-17(26)11-27-22(14)19-5-4-16(25)9-20(19)13(2)35-21-8-15(24)10-28-23(21)32(33)34/h4-6,8-13H,3,7H2,1-2H3. The Morgan fingerprint density at radius 2 is 1.97 bits per heavy atom. The first-order valence-corrected chi connectivity index (χ1v) is 11.3. The van der Waals surface area contributed by atoms with Crippen LogP contribution in [-0.4, -0.2) is 29.9 Å². The van der Waals surface area contributed by atoms with Gasteiger partial charge in [-0.3, -0.25) is 9.67 Å². The highest BCUT2D eigenvalue weighted by Gasteiger charge is 2.24. The van der Waals surface area contributed by atoms with Crippen LogP contribution in [0, 0.1) is 21.7 Å². The first-order chi connectivity index (χ1) is 16.7. The molecule has 1 atom stereocenters. The molecule has 0 aliphatic heterocycles. The van der Waals surface area contributed by atoms with Gasteiger partial charge in [0.25, 0.3) is 0 Å². The van der Waals surface area contributed by atoms with Gasteiger partial charge in [0.15, 0.2) is 6.20 Å². The number of hydrogen-bond acceptors (Lipinski definition) is 7. The molecule has 0 amide bonds. The summed E-state index contributed by atoms with van der Waals surface area (Å²) in [6.07, 6.45) is 3.52. The molecule has 0 spiro atoms. The summed E-state index contributed by atoms with van der Waals surface area (Å²) in [6, 6.07) is 6.80. The number of nitrogens with zero attached hydrogens (tertiary/aromatic N) is 6. The molecule has 1 unspecified atom stereocenters. The number of ether oxygens (including phenoxy) is 1. The van der Waals surface area contributed by atoms with Gasteiger partial charge in [-0.25, -0.2) is 8.78 Å². The minimum absolute atomic E-state index is 0.0874. The van der Waals surface area contributed by atoms with Crippen molar-refractivity contribution in [2.45, 2.75) is 32.9 Å². The summed E-state index contributed by atoms with van der Waals surface area (Å²) in [7, 11) is 0. The maximum Gasteiger partial charge on any atom is 0.406 e. The number of benzene rings is 1. The Labute approximate surface area is 207 Å². The van der Waals surface area contributed by atoms with Gasteiger partial charge in [-0.2, -0.15) is 0 Å². The zero-order valence-corrected chi connectivity index (χ0v) is 20.2. The second-order valence-electron chi connectivity index (χ2n) is 7.63. The van der Waals surface area contributed by atoms with Crippen molar-refractivity contribution in [3.05, 3.63) is 92.0 Å². The van der Waals surface area contributed by atoms with E-state index < -0.39 is 28.5 Å². The maximum absolute atomic E-state index is 14.3. The molecule has 4 rings (SSSR count). The van der Waals surface area contributed by atoms with E-state index in [2.05, 4.69) is 36.2 Å². The fraction of sp³-hybridized carbons (Fsp3) is 0.217. The second-order valence-corrected chi connectivity index (χ2v) is 8.54. The van der Waals surface area contributed by atoms with Crippen LogP contribution >= 0.6 is 15.9 Å². The van der Waals surface area contributed by atoms with Crippen LogP contribution in [0.3, 0.4) is 0 Å². The lowest BCUT2D eigenvalue weighted by molar-refractivity contribution is -0.390. The molecule has 0 bridgehead atoms. The number of halogens is 3. The summed E-state index contributed by atoms with van der Waals surface area (Å²) in [5.41, 5.74) is 2.40. The molecular formula is C23H19BrF2N6O3. The van der Waals surface area contributed by atoms with Gasteiger partial charge >= 0.3 is 5.82 Å². The first kappa shape index (κ1) is 24.3. The topological polar surface area (TPSA) is 109 Å². The van der Waals surface area contributed by atoms with Crippen LogP contribution in [0.5, 0.6) is 5.75 Å². The number of pyridine rings is 2. The van der Waals surface area contributed by atoms with Crippen LogP contribution in [0.1, 0.15) is 36.8 Å². The van der Waals surface area contributed by atoms with E-state index in [9.17, 15) is 18.9 Å². The summed E-state index contributed by atoms with van der Waals surface area (Å²) in [6.45, 7) is 4.18. The summed E-state index contributed by atoms with van der Waals surface area (Å²) in [5, 5.41) is 19.5. The number of aryl methyl sites for hydroxylation is 1. The zero-order chi connectivity index (χ0) is 25.1. The Balaban J connectivity index is 1.76. The van der Waals surface area contributed by atoms with Crippen LogP contribution < -0.4 is 4.74 Å². The average Bonchev–Trinajstić information content (AvgIpc) is 3.27. The van der Waals surface area contributed by atoms with E-state index in [4.69, 9.17) is 4.74 Å². The van der Waals surface area contributed by atoms with Gasteiger partial charge in [-0.05, 0) is 69.5 Å². The monoisotopic (exact) mass is 544 g/mol. The largest absolute Gasteiger partial charge is 0.478 e. The summed E-state index contributed by atoms with van der Waals surface area (Å²) in [4.78, 5) is 18.8. The molecule has 0 aliphatic carbocycles. The third-order valence-corrected chi connectivity index (χ3v) is 5.63. The van der Waals surface area contributed by atoms with Crippen LogP contribution in [-0.2, 0) is 13.0 Å². The molecule has 3 heterocycles. The van der Waals surface area contributed by atoms with Crippen LogP contribution in [0.15, 0.2) is 53.4 Å². The van der Waals surface area contributed by atoms with Crippen molar-refractivity contribution < 1.29 is 18.4 Å². The SMILES string of the molecule is CCn1cc(Cc2cc(F)cnc2-c2ccc(F)cc2C(C)Oc2cc(Br)cnc2[N+](=O)[O-])nn1. The van der Waals surface area contributed by atoms with Gasteiger partial charge in [-0.1, -0.05) is 5.21 Å². The molecule has 0 fully saturated rings. The molecule has 3 aromatic heterocycles. The Bertz CT molecular complexity index is 1400. The third kappa shape index (κ3) is 5.48. The molecule has 0 saturated carbocycles. The van der Waals surface area contributed by atoms with Crippen molar-refractivity contribution in [1.82, 2.24) is 25.0 Å². The quantitative estimate of drug-likeness (QED) is 0.214. The van der Waals surface area contributed by atoms with Gasteiger partial charge in [-0.15, -0.1) is 5.10 Å². The molecule has 35 heavy (non-hydrogen) atoms. The summed E-state index contributed by atoms with van der Waals surface area (Å²) >= 11 is 3.23. The van der Waals surface area contributed by atoms with E-state index in [0.717, 1.165) is 6.20 Å². The van der Waals surface area contributed by atoms with Crippen LogP contribution in [0.2, 0.25) is 0 Å². The van der Waals surface area contributed by atoms with E-state index >= 15 is 0 Å². The molecule has 0 aliphatic rings. The van der Waals surface area contributed by atoms with Crippen molar-refractivity contribution in [3.63, 3.8) is 0 Å². The number of hydrogen-bond donors (Lipinski definition) is 0. The van der Waals surface area contributed by atoms with E-state index in [1.807, 2.05) is 6.92 Å².